The predicted molar refractivity (Wildman–Crippen MR) is 98.7 cm³/mol. The molecule has 0 atom stereocenters. The second-order valence-corrected chi connectivity index (χ2v) is 7.33. The Hall–Kier alpha value is -1.30. The summed E-state index contributed by atoms with van der Waals surface area (Å²) in [4.78, 5) is 18.1. The van der Waals surface area contributed by atoms with E-state index in [4.69, 9.17) is 11.5 Å². The molecular formula is C18H35N5O. The van der Waals surface area contributed by atoms with Crippen molar-refractivity contribution in [2.24, 2.45) is 22.4 Å². The number of nitrogens with two attached hydrogens (primary N) is 2. The summed E-state index contributed by atoms with van der Waals surface area (Å²) >= 11 is 0. The molecule has 0 aromatic carbocycles. The number of primary amides is 1. The molecular weight excluding hydrogens is 302 g/mol. The smallest absolute Gasteiger partial charge is 0.220 e. The van der Waals surface area contributed by atoms with Crippen molar-refractivity contribution in [1.82, 2.24) is 10.2 Å². The van der Waals surface area contributed by atoms with Crippen LogP contribution in [0.4, 0.5) is 0 Å². The summed E-state index contributed by atoms with van der Waals surface area (Å²) < 4.78 is 0. The Bertz CT molecular complexity index is 396. The minimum atomic E-state index is -0.138. The van der Waals surface area contributed by atoms with E-state index in [0.29, 0.717) is 12.0 Å². The molecule has 0 spiro atoms. The van der Waals surface area contributed by atoms with Crippen molar-refractivity contribution in [3.63, 3.8) is 0 Å². The lowest BCUT2D eigenvalue weighted by Crippen LogP contribution is -2.40. The number of carbonyl (C=O) groups is 1. The van der Waals surface area contributed by atoms with Crippen molar-refractivity contribution >= 4 is 11.9 Å². The Labute approximate surface area is 146 Å². The number of aliphatic imine (C=N–C) groups is 1. The fraction of sp³-hybridized carbons (Fsp3) is 0.889. The van der Waals surface area contributed by atoms with Gasteiger partial charge in [0.25, 0.3) is 0 Å². The van der Waals surface area contributed by atoms with Crippen LogP contribution in [0, 0.1) is 5.92 Å². The van der Waals surface area contributed by atoms with Crippen molar-refractivity contribution < 1.29 is 4.79 Å². The van der Waals surface area contributed by atoms with E-state index in [2.05, 4.69) is 15.2 Å². The van der Waals surface area contributed by atoms with Crippen molar-refractivity contribution in [2.75, 3.05) is 26.2 Å². The van der Waals surface area contributed by atoms with E-state index >= 15 is 0 Å². The monoisotopic (exact) mass is 337 g/mol. The van der Waals surface area contributed by atoms with Gasteiger partial charge in [0.15, 0.2) is 5.96 Å². The minimum Gasteiger partial charge on any atom is -0.370 e. The van der Waals surface area contributed by atoms with Crippen LogP contribution < -0.4 is 16.8 Å². The average molecular weight is 338 g/mol. The van der Waals surface area contributed by atoms with Crippen molar-refractivity contribution in [3.05, 3.63) is 0 Å². The molecule has 2 aliphatic rings. The Kier molecular flexibility index (Phi) is 8.36. The molecule has 138 valence electrons. The summed E-state index contributed by atoms with van der Waals surface area (Å²) in [5, 5.41) is 3.39. The lowest BCUT2D eigenvalue weighted by atomic mass is 9.96. The molecule has 2 rings (SSSR count). The van der Waals surface area contributed by atoms with Crippen LogP contribution in [-0.4, -0.2) is 49.0 Å². The number of unbranched alkanes of at least 4 members (excludes halogenated alkanes) is 1. The van der Waals surface area contributed by atoms with Gasteiger partial charge in [-0.25, -0.2) is 0 Å². The molecule has 0 aromatic heterocycles. The van der Waals surface area contributed by atoms with E-state index < -0.39 is 0 Å². The van der Waals surface area contributed by atoms with Crippen LogP contribution in [0.1, 0.15) is 64.2 Å². The number of hydrogen-bond acceptors (Lipinski definition) is 3. The first-order chi connectivity index (χ1) is 11.6. The maximum Gasteiger partial charge on any atom is 0.220 e. The molecule has 1 saturated heterocycles. The van der Waals surface area contributed by atoms with E-state index in [-0.39, 0.29) is 11.8 Å². The standard InChI is InChI=1S/C18H35N5O/c19-17(24)15-9-13-23(14-10-15)12-6-5-11-21-18(20)22-16-7-3-1-2-4-8-16/h15-16H,1-14H2,(H2,19,24)(H3,20,21,22). The number of piperidine rings is 1. The van der Waals surface area contributed by atoms with Crippen LogP contribution in [0.15, 0.2) is 4.99 Å². The normalized spacial score (nSPS) is 22.2. The summed E-state index contributed by atoms with van der Waals surface area (Å²) in [6.45, 7) is 3.85. The van der Waals surface area contributed by atoms with E-state index in [0.717, 1.165) is 51.9 Å². The highest BCUT2D eigenvalue weighted by atomic mass is 16.1. The number of guanidine groups is 1. The first-order valence-corrected chi connectivity index (χ1v) is 9.73. The van der Waals surface area contributed by atoms with E-state index in [1.165, 1.54) is 38.5 Å². The summed E-state index contributed by atoms with van der Waals surface area (Å²) in [6, 6.07) is 0.516. The van der Waals surface area contributed by atoms with Gasteiger partial charge in [0.05, 0.1) is 0 Å². The van der Waals surface area contributed by atoms with Crippen LogP contribution in [0.5, 0.6) is 0 Å². The maximum absolute atomic E-state index is 11.2. The van der Waals surface area contributed by atoms with Gasteiger partial charge in [-0.3, -0.25) is 9.79 Å². The molecule has 6 nitrogen and oxygen atoms in total. The van der Waals surface area contributed by atoms with Crippen molar-refractivity contribution in [3.8, 4) is 0 Å². The van der Waals surface area contributed by atoms with Crippen molar-refractivity contribution in [1.29, 1.82) is 0 Å². The summed E-state index contributed by atoms with van der Waals surface area (Å²) in [7, 11) is 0. The fourth-order valence-corrected chi connectivity index (χ4v) is 3.77. The largest absolute Gasteiger partial charge is 0.370 e. The molecule has 5 N–H and O–H groups in total. The number of likely N-dealkylation sites (tertiary alicyclic amines) is 1. The number of nitrogens with zero attached hydrogens (tertiary/aromatic N) is 2. The van der Waals surface area contributed by atoms with Gasteiger partial charge in [-0.05, 0) is 58.2 Å². The highest BCUT2D eigenvalue weighted by Crippen LogP contribution is 2.17. The SMILES string of the molecule is NC(=O)C1CCN(CCCCN=C(N)NC2CCCCCC2)CC1. The first-order valence-electron chi connectivity index (χ1n) is 9.73. The third-order valence-electron chi connectivity index (χ3n) is 5.36. The number of nitrogens with one attached hydrogen (secondary N) is 1. The molecule has 0 unspecified atom stereocenters. The maximum atomic E-state index is 11.2. The van der Waals surface area contributed by atoms with Gasteiger partial charge in [-0.1, -0.05) is 25.7 Å². The molecule has 1 aliphatic carbocycles. The van der Waals surface area contributed by atoms with Crippen LogP contribution in [-0.2, 0) is 4.79 Å². The lowest BCUT2D eigenvalue weighted by Gasteiger charge is -2.30. The third-order valence-corrected chi connectivity index (χ3v) is 5.36. The Morgan fingerprint density at radius 3 is 2.29 bits per heavy atom. The molecule has 6 heteroatoms. The minimum absolute atomic E-state index is 0.0840. The quantitative estimate of drug-likeness (QED) is 0.284. The average Bonchev–Trinajstić information content (AvgIpc) is 2.83. The Morgan fingerprint density at radius 1 is 1.00 bits per heavy atom. The Morgan fingerprint density at radius 2 is 1.67 bits per heavy atom. The topological polar surface area (TPSA) is 96.7 Å². The second-order valence-electron chi connectivity index (χ2n) is 7.33. The van der Waals surface area contributed by atoms with E-state index in [1.807, 2.05) is 0 Å². The van der Waals surface area contributed by atoms with Crippen LogP contribution in [0.25, 0.3) is 0 Å². The zero-order valence-electron chi connectivity index (χ0n) is 15.0. The van der Waals surface area contributed by atoms with Gasteiger partial charge < -0.3 is 21.7 Å². The molecule has 0 radical (unpaired) electrons. The van der Waals surface area contributed by atoms with Crippen LogP contribution in [0.3, 0.4) is 0 Å². The zero-order valence-corrected chi connectivity index (χ0v) is 15.0. The first kappa shape index (κ1) is 19.0. The molecule has 1 saturated carbocycles. The van der Waals surface area contributed by atoms with Crippen molar-refractivity contribution in [2.45, 2.75) is 70.3 Å². The summed E-state index contributed by atoms with van der Waals surface area (Å²) in [6.07, 6.45) is 11.8. The number of hydrogen-bond donors (Lipinski definition) is 3. The molecule has 1 heterocycles. The molecule has 24 heavy (non-hydrogen) atoms. The van der Waals surface area contributed by atoms with Gasteiger partial charge in [0, 0.05) is 18.5 Å². The van der Waals surface area contributed by atoms with Gasteiger partial charge in [0.2, 0.25) is 5.91 Å². The number of rotatable bonds is 7. The molecule has 0 aromatic rings. The van der Waals surface area contributed by atoms with E-state index in [9.17, 15) is 4.79 Å². The summed E-state index contributed by atoms with van der Waals surface area (Å²) in [5.41, 5.74) is 11.4. The molecule has 2 fully saturated rings. The van der Waals surface area contributed by atoms with Gasteiger partial charge in [-0.2, -0.15) is 0 Å². The second kappa shape index (κ2) is 10.5. The Balaban J connectivity index is 1.53. The highest BCUT2D eigenvalue weighted by Gasteiger charge is 2.22. The summed E-state index contributed by atoms with van der Waals surface area (Å²) in [5.74, 6) is 0.561. The molecule has 0 bridgehead atoms. The molecule has 1 aliphatic heterocycles. The number of carbonyl (C=O) groups excluding carboxylic acids is 1. The number of amides is 1. The highest BCUT2D eigenvalue weighted by molar-refractivity contribution is 5.78. The van der Waals surface area contributed by atoms with E-state index in [1.54, 1.807) is 0 Å². The fourth-order valence-electron chi connectivity index (χ4n) is 3.77. The molecule has 1 amide bonds. The lowest BCUT2D eigenvalue weighted by molar-refractivity contribution is -0.123. The van der Waals surface area contributed by atoms with Gasteiger partial charge in [-0.15, -0.1) is 0 Å². The van der Waals surface area contributed by atoms with Gasteiger partial charge in [0.1, 0.15) is 0 Å². The third kappa shape index (κ3) is 7.07. The van der Waals surface area contributed by atoms with Gasteiger partial charge >= 0.3 is 0 Å². The zero-order chi connectivity index (χ0) is 17.2. The predicted octanol–water partition coefficient (Wildman–Crippen LogP) is 1.59. The van der Waals surface area contributed by atoms with Crippen LogP contribution >= 0.6 is 0 Å². The van der Waals surface area contributed by atoms with Crippen LogP contribution in [0.2, 0.25) is 0 Å².